The van der Waals surface area contributed by atoms with E-state index in [1.54, 1.807) is 6.92 Å². The lowest BCUT2D eigenvalue weighted by atomic mass is 10.1. The van der Waals surface area contributed by atoms with E-state index < -0.39 is 22.0 Å². The average Bonchev–Trinajstić information content (AvgIpc) is 2.29. The zero-order chi connectivity index (χ0) is 13.6. The predicted molar refractivity (Wildman–Crippen MR) is 70.3 cm³/mol. The number of benzene rings is 1. The number of carbonyl (C=O) groups is 1. The molecule has 1 aromatic rings. The van der Waals surface area contributed by atoms with Crippen molar-refractivity contribution < 1.29 is 13.2 Å². The van der Waals surface area contributed by atoms with Crippen molar-refractivity contribution in [1.29, 1.82) is 0 Å². The molecule has 0 aliphatic carbocycles. The summed E-state index contributed by atoms with van der Waals surface area (Å²) >= 11 is 0. The molecule has 0 fully saturated rings. The molecule has 1 amide bonds. The van der Waals surface area contributed by atoms with E-state index in [-0.39, 0.29) is 5.75 Å². The van der Waals surface area contributed by atoms with Gasteiger partial charge < -0.3 is 5.73 Å². The number of carbonyl (C=O) groups excluding carboxylic acids is 1. The van der Waals surface area contributed by atoms with E-state index in [0.717, 1.165) is 5.56 Å². The molecule has 18 heavy (non-hydrogen) atoms. The van der Waals surface area contributed by atoms with Gasteiger partial charge in [-0.15, -0.1) is 0 Å². The van der Waals surface area contributed by atoms with Crippen LogP contribution in [0.15, 0.2) is 30.3 Å². The first-order valence-corrected chi connectivity index (χ1v) is 7.43. The molecular weight excluding hydrogens is 252 g/mol. The molecule has 1 rings (SSSR count). The van der Waals surface area contributed by atoms with E-state index in [4.69, 9.17) is 5.73 Å². The number of sulfonamides is 1. The predicted octanol–water partition coefficient (Wildman–Crippen LogP) is 0.412. The van der Waals surface area contributed by atoms with Gasteiger partial charge in [-0.3, -0.25) is 9.52 Å². The normalized spacial score (nSPS) is 13.0. The number of hydrogen-bond donors (Lipinski definition) is 2. The quantitative estimate of drug-likeness (QED) is 0.783. The molecule has 100 valence electrons. The number of nitrogens with one attached hydrogen (secondary N) is 1. The molecule has 0 saturated carbocycles. The lowest BCUT2D eigenvalue weighted by Gasteiger charge is -2.12. The van der Waals surface area contributed by atoms with Crippen LogP contribution in [0.5, 0.6) is 0 Å². The molecular formula is C12H18N2O3S. The Morgan fingerprint density at radius 2 is 1.94 bits per heavy atom. The average molecular weight is 270 g/mol. The first-order chi connectivity index (χ1) is 8.44. The molecule has 0 radical (unpaired) electrons. The minimum atomic E-state index is -3.55. The van der Waals surface area contributed by atoms with Gasteiger partial charge in [0, 0.05) is 0 Å². The Morgan fingerprint density at radius 1 is 1.33 bits per heavy atom. The van der Waals surface area contributed by atoms with Crippen molar-refractivity contribution in [2.75, 3.05) is 5.75 Å². The van der Waals surface area contributed by atoms with Gasteiger partial charge in [0.05, 0.1) is 11.8 Å². The Labute approximate surface area is 107 Å². The van der Waals surface area contributed by atoms with Crippen LogP contribution in [-0.2, 0) is 21.2 Å². The van der Waals surface area contributed by atoms with Gasteiger partial charge in [0.1, 0.15) is 0 Å². The van der Waals surface area contributed by atoms with E-state index in [2.05, 4.69) is 0 Å². The molecule has 6 heteroatoms. The number of rotatable bonds is 6. The third-order valence-electron chi connectivity index (χ3n) is 2.36. The molecule has 0 saturated heterocycles. The summed E-state index contributed by atoms with van der Waals surface area (Å²) in [5.41, 5.74) is 6.57. The Balaban J connectivity index is 2.57. The summed E-state index contributed by atoms with van der Waals surface area (Å²) in [7, 11) is -3.55. The first-order valence-electron chi connectivity index (χ1n) is 5.78. The maximum Gasteiger partial charge on any atom is 0.250 e. The topological polar surface area (TPSA) is 89.3 Å². The molecule has 0 aliphatic heterocycles. The zero-order valence-corrected chi connectivity index (χ0v) is 11.1. The highest BCUT2D eigenvalue weighted by Crippen LogP contribution is 2.02. The summed E-state index contributed by atoms with van der Waals surface area (Å²) in [5.74, 6) is -0.733. The molecule has 0 aliphatic rings. The van der Waals surface area contributed by atoms with Crippen LogP contribution in [0.4, 0.5) is 0 Å². The van der Waals surface area contributed by atoms with Crippen molar-refractivity contribution in [3.63, 3.8) is 0 Å². The van der Waals surface area contributed by atoms with Gasteiger partial charge in [-0.1, -0.05) is 37.3 Å². The Hall–Kier alpha value is -1.40. The standard InChI is InChI=1S/C12H18N2O3S/c1-2-8-18(16,17)14-12(15)11(13)9-10-6-4-3-5-7-10/h3-7,11H,2,8-9,13H2,1H3,(H,14,15)/t11-/m1/s1. The molecule has 0 aromatic heterocycles. The van der Waals surface area contributed by atoms with Crippen LogP contribution >= 0.6 is 0 Å². The number of nitrogens with two attached hydrogens (primary N) is 1. The summed E-state index contributed by atoms with van der Waals surface area (Å²) in [6.07, 6.45) is 0.769. The van der Waals surface area contributed by atoms with E-state index in [9.17, 15) is 13.2 Å². The Bertz CT molecular complexity index is 485. The van der Waals surface area contributed by atoms with Gasteiger partial charge in [-0.25, -0.2) is 8.42 Å². The van der Waals surface area contributed by atoms with Gasteiger partial charge in [-0.2, -0.15) is 0 Å². The highest BCUT2D eigenvalue weighted by molar-refractivity contribution is 7.90. The lowest BCUT2D eigenvalue weighted by Crippen LogP contribution is -2.45. The van der Waals surface area contributed by atoms with Crippen molar-refractivity contribution >= 4 is 15.9 Å². The first kappa shape index (κ1) is 14.7. The second-order valence-electron chi connectivity index (χ2n) is 4.08. The van der Waals surface area contributed by atoms with Gasteiger partial charge in [0.15, 0.2) is 0 Å². The minimum absolute atomic E-state index is 0.0726. The van der Waals surface area contributed by atoms with Crippen LogP contribution in [0.3, 0.4) is 0 Å². The third-order valence-corrected chi connectivity index (χ3v) is 3.82. The van der Waals surface area contributed by atoms with Crippen molar-refractivity contribution in [3.8, 4) is 0 Å². The summed E-state index contributed by atoms with van der Waals surface area (Å²) in [6, 6.07) is 8.36. The smallest absolute Gasteiger partial charge is 0.250 e. The number of amides is 1. The maximum atomic E-state index is 11.6. The van der Waals surface area contributed by atoms with Crippen LogP contribution < -0.4 is 10.5 Å². The van der Waals surface area contributed by atoms with Crippen LogP contribution in [0, 0.1) is 0 Å². The number of hydrogen-bond acceptors (Lipinski definition) is 4. The van der Waals surface area contributed by atoms with Crippen molar-refractivity contribution in [2.24, 2.45) is 5.73 Å². The fourth-order valence-corrected chi connectivity index (χ4v) is 2.61. The molecule has 5 nitrogen and oxygen atoms in total. The van der Waals surface area contributed by atoms with Crippen molar-refractivity contribution in [2.45, 2.75) is 25.8 Å². The molecule has 0 bridgehead atoms. The molecule has 1 atom stereocenters. The minimum Gasteiger partial charge on any atom is -0.320 e. The fraction of sp³-hybridized carbons (Fsp3) is 0.417. The van der Waals surface area contributed by atoms with Crippen LogP contribution in [-0.4, -0.2) is 26.1 Å². The summed E-state index contributed by atoms with van der Waals surface area (Å²) < 4.78 is 24.8. The fourth-order valence-electron chi connectivity index (χ4n) is 1.51. The van der Waals surface area contributed by atoms with E-state index in [1.807, 2.05) is 35.1 Å². The Morgan fingerprint density at radius 3 is 2.50 bits per heavy atom. The van der Waals surface area contributed by atoms with Gasteiger partial charge in [-0.05, 0) is 18.4 Å². The van der Waals surface area contributed by atoms with Gasteiger partial charge in [0.2, 0.25) is 10.0 Å². The van der Waals surface area contributed by atoms with Crippen molar-refractivity contribution in [1.82, 2.24) is 4.72 Å². The Kier molecular flexibility index (Phi) is 5.30. The summed E-state index contributed by atoms with van der Waals surface area (Å²) in [6.45, 7) is 1.73. The summed E-state index contributed by atoms with van der Waals surface area (Å²) in [4.78, 5) is 11.6. The summed E-state index contributed by atoms with van der Waals surface area (Å²) in [5, 5.41) is 0. The largest absolute Gasteiger partial charge is 0.320 e. The highest BCUT2D eigenvalue weighted by atomic mass is 32.2. The third kappa shape index (κ3) is 4.85. The SMILES string of the molecule is CCCS(=O)(=O)NC(=O)[C@H](N)Cc1ccccc1. The highest BCUT2D eigenvalue weighted by Gasteiger charge is 2.19. The van der Waals surface area contributed by atoms with E-state index >= 15 is 0 Å². The van der Waals surface area contributed by atoms with Crippen molar-refractivity contribution in [3.05, 3.63) is 35.9 Å². The molecule has 0 spiro atoms. The molecule has 1 aromatic carbocycles. The monoisotopic (exact) mass is 270 g/mol. The second kappa shape index (κ2) is 6.51. The molecule has 0 unspecified atom stereocenters. The van der Waals surface area contributed by atoms with E-state index in [0.29, 0.717) is 12.8 Å². The second-order valence-corrected chi connectivity index (χ2v) is 5.92. The van der Waals surface area contributed by atoms with Crippen LogP contribution in [0.2, 0.25) is 0 Å². The van der Waals surface area contributed by atoms with E-state index in [1.165, 1.54) is 0 Å². The molecule has 3 N–H and O–H groups in total. The van der Waals surface area contributed by atoms with Gasteiger partial charge in [0.25, 0.3) is 5.91 Å². The van der Waals surface area contributed by atoms with Crippen LogP contribution in [0.1, 0.15) is 18.9 Å². The van der Waals surface area contributed by atoms with Crippen LogP contribution in [0.25, 0.3) is 0 Å². The zero-order valence-electron chi connectivity index (χ0n) is 10.3. The van der Waals surface area contributed by atoms with Gasteiger partial charge >= 0.3 is 0 Å². The maximum absolute atomic E-state index is 11.6. The lowest BCUT2D eigenvalue weighted by molar-refractivity contribution is -0.120. The molecule has 0 heterocycles.